The predicted octanol–water partition coefficient (Wildman–Crippen LogP) is 1.49. The third-order valence-corrected chi connectivity index (χ3v) is 8.26. The molecule has 0 spiro atoms. The Hall–Kier alpha value is -1.79. The second kappa shape index (κ2) is 8.39. The zero-order chi connectivity index (χ0) is 21.5. The maximum atomic E-state index is 12.9. The van der Waals surface area contributed by atoms with Gasteiger partial charge < -0.3 is 9.42 Å². The predicted molar refractivity (Wildman–Crippen MR) is 113 cm³/mol. The molecule has 2 N–H and O–H groups in total. The molecular weight excluding hydrogens is 474 g/mol. The Labute approximate surface area is 183 Å². The number of carbonyl (C=O) groups excluding carboxylic acids is 1. The molecule has 2 aliphatic rings. The molecule has 2 aromatic rings. The van der Waals surface area contributed by atoms with Crippen LogP contribution >= 0.6 is 15.9 Å². The van der Waals surface area contributed by atoms with Crippen molar-refractivity contribution in [1.82, 2.24) is 25.2 Å². The molecule has 4 rings (SSSR count). The van der Waals surface area contributed by atoms with Gasteiger partial charge in [0.2, 0.25) is 15.9 Å². The largest absolute Gasteiger partial charge is 0.360 e. The van der Waals surface area contributed by atoms with E-state index in [4.69, 9.17) is 4.52 Å². The molecule has 0 bridgehead atoms. The number of nitrogens with one attached hydrogen (secondary N) is 2. The summed E-state index contributed by atoms with van der Waals surface area (Å²) in [6.07, 6.45) is 0.637. The molecule has 1 aromatic carbocycles. The van der Waals surface area contributed by atoms with Crippen molar-refractivity contribution in [3.8, 4) is 0 Å². The zero-order valence-electron chi connectivity index (χ0n) is 16.8. The van der Waals surface area contributed by atoms with E-state index >= 15 is 0 Å². The summed E-state index contributed by atoms with van der Waals surface area (Å²) < 4.78 is 33.3. The van der Waals surface area contributed by atoms with Crippen LogP contribution in [-0.4, -0.2) is 60.9 Å². The van der Waals surface area contributed by atoms with Gasteiger partial charge in [-0.1, -0.05) is 33.2 Å². The van der Waals surface area contributed by atoms with Gasteiger partial charge in [-0.2, -0.15) is 4.31 Å². The SMILES string of the molecule is Cc1noc(C)c1S(=O)(=O)N1CCN(C(=O)C2CC(c3ccc(Br)cc3)NN2)CC1. The number of carbonyl (C=O) groups is 1. The molecule has 0 radical (unpaired) electrons. The van der Waals surface area contributed by atoms with Crippen molar-refractivity contribution in [1.29, 1.82) is 0 Å². The first-order chi connectivity index (χ1) is 14.3. The highest BCUT2D eigenvalue weighted by Gasteiger charge is 2.37. The number of sulfonamides is 1. The van der Waals surface area contributed by atoms with E-state index < -0.39 is 10.0 Å². The van der Waals surface area contributed by atoms with Crippen LogP contribution in [0.15, 0.2) is 38.2 Å². The second-order valence-electron chi connectivity index (χ2n) is 7.56. The molecule has 2 fully saturated rings. The van der Waals surface area contributed by atoms with Crippen molar-refractivity contribution in [2.24, 2.45) is 0 Å². The summed E-state index contributed by atoms with van der Waals surface area (Å²) in [4.78, 5) is 14.8. The van der Waals surface area contributed by atoms with Gasteiger partial charge in [0, 0.05) is 36.7 Å². The van der Waals surface area contributed by atoms with E-state index in [0.29, 0.717) is 25.2 Å². The minimum atomic E-state index is -3.69. The molecule has 0 saturated carbocycles. The first kappa shape index (κ1) is 21.4. The Bertz CT molecular complexity index is 1010. The molecule has 3 heterocycles. The van der Waals surface area contributed by atoms with Gasteiger partial charge in [-0.25, -0.2) is 19.3 Å². The normalized spacial score (nSPS) is 23.1. The Morgan fingerprint density at radius 1 is 1.13 bits per heavy atom. The van der Waals surface area contributed by atoms with Crippen LogP contribution in [-0.2, 0) is 14.8 Å². The van der Waals surface area contributed by atoms with Crippen molar-refractivity contribution in [2.45, 2.75) is 37.2 Å². The van der Waals surface area contributed by atoms with E-state index in [1.807, 2.05) is 24.3 Å². The molecule has 1 aromatic heterocycles. The van der Waals surface area contributed by atoms with Crippen LogP contribution in [0.3, 0.4) is 0 Å². The summed E-state index contributed by atoms with van der Waals surface area (Å²) in [7, 11) is -3.69. The number of hydrazine groups is 1. The third-order valence-electron chi connectivity index (χ3n) is 5.59. The van der Waals surface area contributed by atoms with Gasteiger partial charge in [-0.05, 0) is 38.0 Å². The van der Waals surface area contributed by atoms with Crippen molar-refractivity contribution >= 4 is 31.9 Å². The van der Waals surface area contributed by atoms with Gasteiger partial charge in [-0.15, -0.1) is 0 Å². The zero-order valence-corrected chi connectivity index (χ0v) is 19.2. The molecule has 2 aliphatic heterocycles. The van der Waals surface area contributed by atoms with Gasteiger partial charge in [0.05, 0.1) is 0 Å². The quantitative estimate of drug-likeness (QED) is 0.658. The van der Waals surface area contributed by atoms with Crippen LogP contribution in [0.5, 0.6) is 0 Å². The summed E-state index contributed by atoms with van der Waals surface area (Å²) in [6.45, 7) is 4.39. The molecule has 30 heavy (non-hydrogen) atoms. The second-order valence-corrected chi connectivity index (χ2v) is 10.4. The van der Waals surface area contributed by atoms with Crippen molar-refractivity contribution in [3.63, 3.8) is 0 Å². The highest BCUT2D eigenvalue weighted by Crippen LogP contribution is 2.26. The summed E-state index contributed by atoms with van der Waals surface area (Å²) in [5.41, 5.74) is 7.74. The van der Waals surface area contributed by atoms with E-state index in [9.17, 15) is 13.2 Å². The van der Waals surface area contributed by atoms with Crippen molar-refractivity contribution < 1.29 is 17.7 Å². The third kappa shape index (κ3) is 4.04. The number of hydrogen-bond donors (Lipinski definition) is 2. The van der Waals surface area contributed by atoms with Crippen molar-refractivity contribution in [2.75, 3.05) is 26.2 Å². The van der Waals surface area contributed by atoms with E-state index in [2.05, 4.69) is 31.9 Å². The van der Waals surface area contributed by atoms with Crippen LogP contribution in [0.1, 0.15) is 29.5 Å². The van der Waals surface area contributed by atoms with Crippen LogP contribution in [0.25, 0.3) is 0 Å². The molecule has 0 aliphatic carbocycles. The van der Waals surface area contributed by atoms with Crippen LogP contribution in [0.2, 0.25) is 0 Å². The van der Waals surface area contributed by atoms with Crippen LogP contribution < -0.4 is 10.9 Å². The number of piperazine rings is 1. The van der Waals surface area contributed by atoms with Gasteiger partial charge in [0.15, 0.2) is 5.76 Å². The van der Waals surface area contributed by atoms with Crippen LogP contribution in [0, 0.1) is 13.8 Å². The highest BCUT2D eigenvalue weighted by atomic mass is 79.9. The summed E-state index contributed by atoms with van der Waals surface area (Å²) in [5.74, 6) is 0.266. The fourth-order valence-electron chi connectivity index (χ4n) is 3.97. The number of rotatable bonds is 4. The minimum absolute atomic E-state index is 0.0171. The van der Waals surface area contributed by atoms with E-state index in [-0.39, 0.29) is 41.7 Å². The number of aryl methyl sites for hydroxylation is 2. The van der Waals surface area contributed by atoms with E-state index in [1.165, 1.54) is 4.31 Å². The van der Waals surface area contributed by atoms with Crippen LogP contribution in [0.4, 0.5) is 0 Å². The van der Waals surface area contributed by atoms with Crippen molar-refractivity contribution in [3.05, 3.63) is 45.8 Å². The Balaban J connectivity index is 1.36. The first-order valence-corrected chi connectivity index (χ1v) is 12.0. The molecule has 2 unspecified atom stereocenters. The number of aromatic nitrogens is 1. The fourth-order valence-corrected chi connectivity index (χ4v) is 5.95. The summed E-state index contributed by atoms with van der Waals surface area (Å²) in [6, 6.07) is 7.70. The number of hydrogen-bond acceptors (Lipinski definition) is 7. The number of halogens is 1. The van der Waals surface area contributed by atoms with Gasteiger partial charge in [-0.3, -0.25) is 4.79 Å². The number of nitrogens with zero attached hydrogens (tertiary/aromatic N) is 3. The first-order valence-electron chi connectivity index (χ1n) is 9.75. The van der Waals surface area contributed by atoms with Gasteiger partial charge >= 0.3 is 0 Å². The maximum absolute atomic E-state index is 12.9. The molecular formula is C19H24BrN5O4S. The lowest BCUT2D eigenvalue weighted by molar-refractivity contribution is -0.134. The average Bonchev–Trinajstić information content (AvgIpc) is 3.35. The maximum Gasteiger partial charge on any atom is 0.248 e. The summed E-state index contributed by atoms with van der Waals surface area (Å²) in [5, 5.41) is 3.75. The molecule has 1 amide bonds. The average molecular weight is 498 g/mol. The summed E-state index contributed by atoms with van der Waals surface area (Å²) >= 11 is 3.43. The molecule has 9 nitrogen and oxygen atoms in total. The minimum Gasteiger partial charge on any atom is -0.360 e. The fraction of sp³-hybridized carbons (Fsp3) is 0.474. The number of amides is 1. The smallest absolute Gasteiger partial charge is 0.248 e. The van der Waals surface area contributed by atoms with E-state index in [1.54, 1.807) is 18.7 Å². The number of benzene rings is 1. The Morgan fingerprint density at radius 3 is 2.40 bits per heavy atom. The monoisotopic (exact) mass is 497 g/mol. The molecule has 11 heteroatoms. The lowest BCUT2D eigenvalue weighted by Gasteiger charge is -2.35. The van der Waals surface area contributed by atoms with E-state index in [0.717, 1.165) is 10.0 Å². The lowest BCUT2D eigenvalue weighted by atomic mass is 10.0. The molecule has 2 atom stereocenters. The van der Waals surface area contributed by atoms with Gasteiger partial charge in [0.1, 0.15) is 16.6 Å². The standard InChI is InChI=1S/C19H24BrN5O4S/c1-12-18(13(2)29-23-12)30(27,28)25-9-7-24(8-10-25)19(26)17-11-16(21-22-17)14-3-5-15(20)6-4-14/h3-6,16-17,21-22H,7-11H2,1-2H3. The topological polar surface area (TPSA) is 108 Å². The molecule has 162 valence electrons. The molecule has 2 saturated heterocycles. The lowest BCUT2D eigenvalue weighted by Crippen LogP contribution is -2.54. The Morgan fingerprint density at radius 2 is 1.80 bits per heavy atom. The highest BCUT2D eigenvalue weighted by molar-refractivity contribution is 9.10. The van der Waals surface area contributed by atoms with Gasteiger partial charge in [0.25, 0.3) is 0 Å². The Kier molecular flexibility index (Phi) is 5.99.